The molecular weight excluding hydrogens is 360 g/mol. The largest absolute Gasteiger partial charge is 0.461 e. The molecular formula is C26H30O3. The number of carbonyl (C=O) groups is 2. The van der Waals surface area contributed by atoms with E-state index in [0.717, 1.165) is 24.8 Å². The first kappa shape index (κ1) is 21.0. The number of carbonyl (C=O) groups excluding carboxylic acids is 2. The third-order valence-corrected chi connectivity index (χ3v) is 5.83. The van der Waals surface area contributed by atoms with Crippen molar-refractivity contribution >= 4 is 11.6 Å². The van der Waals surface area contributed by atoms with Crippen LogP contribution < -0.4 is 0 Å². The fraction of sp³-hybridized carbons (Fsp3) is 0.385. The number of benzene rings is 1. The van der Waals surface area contributed by atoms with Gasteiger partial charge in [0, 0.05) is 25.2 Å². The summed E-state index contributed by atoms with van der Waals surface area (Å²) in [6, 6.07) is 9.74. The molecule has 0 amide bonds. The van der Waals surface area contributed by atoms with E-state index in [-0.39, 0.29) is 11.6 Å². The number of Topliss-reactive ketones (excluding diaryl/α,β-unsaturated/α-hetero) is 2. The van der Waals surface area contributed by atoms with E-state index in [4.69, 9.17) is 4.42 Å². The first-order valence-electron chi connectivity index (χ1n) is 10.5. The average Bonchev–Trinajstić information content (AvgIpc) is 3.36. The lowest BCUT2D eigenvalue weighted by Gasteiger charge is -2.17. The fourth-order valence-electron chi connectivity index (χ4n) is 4.17. The summed E-state index contributed by atoms with van der Waals surface area (Å²) in [5.74, 6) is 1.12. The van der Waals surface area contributed by atoms with Crippen molar-refractivity contribution in [3.05, 3.63) is 82.3 Å². The van der Waals surface area contributed by atoms with Crippen molar-refractivity contribution in [3.63, 3.8) is 0 Å². The summed E-state index contributed by atoms with van der Waals surface area (Å²) in [6.45, 7) is 6.31. The second-order valence-corrected chi connectivity index (χ2v) is 7.99. The Morgan fingerprint density at radius 1 is 1.00 bits per heavy atom. The highest BCUT2D eigenvalue weighted by Gasteiger charge is 2.23. The van der Waals surface area contributed by atoms with Gasteiger partial charge in [0.05, 0.1) is 6.26 Å². The van der Waals surface area contributed by atoms with Crippen molar-refractivity contribution in [1.29, 1.82) is 0 Å². The van der Waals surface area contributed by atoms with Gasteiger partial charge >= 0.3 is 0 Å². The molecule has 0 saturated heterocycles. The van der Waals surface area contributed by atoms with Crippen molar-refractivity contribution in [3.8, 4) is 0 Å². The van der Waals surface area contributed by atoms with Crippen LogP contribution in [-0.2, 0) is 11.2 Å². The van der Waals surface area contributed by atoms with E-state index in [2.05, 4.69) is 51.1 Å². The maximum atomic E-state index is 12.5. The molecule has 1 heterocycles. The van der Waals surface area contributed by atoms with Crippen LogP contribution in [0.25, 0.3) is 0 Å². The number of hydrogen-bond acceptors (Lipinski definition) is 3. The topological polar surface area (TPSA) is 47.3 Å². The zero-order chi connectivity index (χ0) is 20.8. The molecule has 0 saturated carbocycles. The molecule has 29 heavy (non-hydrogen) atoms. The minimum absolute atomic E-state index is 0.0443. The zero-order valence-corrected chi connectivity index (χ0v) is 17.7. The van der Waals surface area contributed by atoms with Crippen LogP contribution in [0.3, 0.4) is 0 Å². The van der Waals surface area contributed by atoms with Gasteiger partial charge in [-0.2, -0.15) is 0 Å². The summed E-state index contributed by atoms with van der Waals surface area (Å²) >= 11 is 0. The summed E-state index contributed by atoms with van der Waals surface area (Å²) < 4.78 is 5.19. The summed E-state index contributed by atoms with van der Waals surface area (Å²) in [4.78, 5) is 24.7. The number of aryl methyl sites for hydroxylation is 2. The van der Waals surface area contributed by atoms with Gasteiger partial charge in [-0.1, -0.05) is 54.0 Å². The van der Waals surface area contributed by atoms with Crippen molar-refractivity contribution in [1.82, 2.24) is 0 Å². The standard InChI is InChI=1S/C26H30O3/c1-4-24-20(9-10-21(24)12-14-25(28)26-6-5-15-29-26)11-13-23(27)17-22-8-7-18(2)16-19(22)3/h5-10,15-16,24H,4,11-14,17H2,1-3H3. The van der Waals surface area contributed by atoms with Crippen molar-refractivity contribution in [2.75, 3.05) is 0 Å². The normalized spacial score (nSPS) is 15.9. The molecule has 1 unspecified atom stereocenters. The minimum Gasteiger partial charge on any atom is -0.461 e. The maximum absolute atomic E-state index is 12.5. The number of allylic oxidation sites excluding steroid dienone is 4. The average molecular weight is 391 g/mol. The first-order chi connectivity index (χ1) is 14.0. The summed E-state index contributed by atoms with van der Waals surface area (Å²) in [6.07, 6.45) is 9.92. The molecule has 3 heteroatoms. The second-order valence-electron chi connectivity index (χ2n) is 7.99. The molecule has 0 N–H and O–H groups in total. The van der Waals surface area contributed by atoms with Crippen molar-refractivity contribution < 1.29 is 14.0 Å². The highest BCUT2D eigenvalue weighted by molar-refractivity contribution is 5.93. The van der Waals surface area contributed by atoms with Crippen LogP contribution in [0, 0.1) is 19.8 Å². The summed E-state index contributed by atoms with van der Waals surface area (Å²) in [5, 5.41) is 0. The van der Waals surface area contributed by atoms with Gasteiger partial charge < -0.3 is 4.42 Å². The lowest BCUT2D eigenvalue weighted by molar-refractivity contribution is -0.118. The molecule has 1 aliphatic rings. The molecule has 0 radical (unpaired) electrons. The Labute approximate surface area is 173 Å². The third kappa shape index (κ3) is 5.44. The number of furan rings is 1. The highest BCUT2D eigenvalue weighted by Crippen LogP contribution is 2.35. The van der Waals surface area contributed by atoms with E-state index < -0.39 is 0 Å². The summed E-state index contributed by atoms with van der Waals surface area (Å²) in [7, 11) is 0. The van der Waals surface area contributed by atoms with Crippen LogP contribution in [-0.4, -0.2) is 11.6 Å². The van der Waals surface area contributed by atoms with Gasteiger partial charge in [0.2, 0.25) is 0 Å². The van der Waals surface area contributed by atoms with Gasteiger partial charge in [0.15, 0.2) is 11.5 Å². The van der Waals surface area contributed by atoms with Crippen LogP contribution in [0.5, 0.6) is 0 Å². The lowest BCUT2D eigenvalue weighted by atomic mass is 9.87. The summed E-state index contributed by atoms with van der Waals surface area (Å²) in [5.41, 5.74) is 6.16. The van der Waals surface area contributed by atoms with Gasteiger partial charge in [0.25, 0.3) is 0 Å². The van der Waals surface area contributed by atoms with Crippen LogP contribution in [0.4, 0.5) is 0 Å². The van der Waals surface area contributed by atoms with Crippen LogP contribution in [0.15, 0.2) is 64.3 Å². The van der Waals surface area contributed by atoms with Crippen molar-refractivity contribution in [2.24, 2.45) is 5.92 Å². The molecule has 0 aliphatic heterocycles. The molecule has 3 nitrogen and oxygen atoms in total. The number of ketones is 2. The molecule has 1 aromatic heterocycles. The van der Waals surface area contributed by atoms with Crippen LogP contribution in [0.2, 0.25) is 0 Å². The van der Waals surface area contributed by atoms with E-state index >= 15 is 0 Å². The van der Waals surface area contributed by atoms with Crippen molar-refractivity contribution in [2.45, 2.75) is 59.3 Å². The van der Waals surface area contributed by atoms with Gasteiger partial charge in [0.1, 0.15) is 5.78 Å². The Kier molecular flexibility index (Phi) is 7.03. The van der Waals surface area contributed by atoms with Gasteiger partial charge in [-0.05, 0) is 56.4 Å². The molecule has 1 aliphatic carbocycles. The van der Waals surface area contributed by atoms with Crippen LogP contribution >= 0.6 is 0 Å². The van der Waals surface area contributed by atoms with E-state index in [0.29, 0.717) is 30.9 Å². The zero-order valence-electron chi connectivity index (χ0n) is 17.7. The maximum Gasteiger partial charge on any atom is 0.198 e. The Balaban J connectivity index is 1.49. The Morgan fingerprint density at radius 2 is 1.72 bits per heavy atom. The predicted molar refractivity (Wildman–Crippen MR) is 116 cm³/mol. The van der Waals surface area contributed by atoms with Gasteiger partial charge in [-0.25, -0.2) is 0 Å². The SMILES string of the molecule is CCC1C(CCC(=O)Cc2ccc(C)cc2C)=CC=C1CCC(=O)c1ccco1. The van der Waals surface area contributed by atoms with Gasteiger partial charge in [-0.15, -0.1) is 0 Å². The molecule has 0 bridgehead atoms. The third-order valence-electron chi connectivity index (χ3n) is 5.83. The quantitative estimate of drug-likeness (QED) is 0.444. The van der Waals surface area contributed by atoms with Gasteiger partial charge in [-0.3, -0.25) is 9.59 Å². The lowest BCUT2D eigenvalue weighted by Crippen LogP contribution is -2.09. The molecule has 1 aromatic carbocycles. The fourth-order valence-corrected chi connectivity index (χ4v) is 4.17. The predicted octanol–water partition coefficient (Wildman–Crippen LogP) is 6.34. The minimum atomic E-state index is 0.0443. The highest BCUT2D eigenvalue weighted by atomic mass is 16.3. The second kappa shape index (κ2) is 9.69. The monoisotopic (exact) mass is 390 g/mol. The Hall–Kier alpha value is -2.68. The molecule has 3 rings (SSSR count). The molecule has 0 fully saturated rings. The van der Waals surface area contributed by atoms with Crippen LogP contribution in [0.1, 0.15) is 66.3 Å². The molecule has 2 aromatic rings. The van der Waals surface area contributed by atoms with E-state index in [1.807, 2.05) is 0 Å². The molecule has 0 spiro atoms. The number of hydrogen-bond donors (Lipinski definition) is 0. The molecule has 1 atom stereocenters. The molecule has 152 valence electrons. The van der Waals surface area contributed by atoms with E-state index in [1.54, 1.807) is 12.1 Å². The Bertz CT molecular complexity index is 929. The van der Waals surface area contributed by atoms with E-state index in [9.17, 15) is 9.59 Å². The smallest absolute Gasteiger partial charge is 0.198 e. The van der Waals surface area contributed by atoms with E-state index in [1.165, 1.54) is 28.5 Å². The number of rotatable bonds is 10. The Morgan fingerprint density at radius 3 is 2.34 bits per heavy atom. The first-order valence-corrected chi connectivity index (χ1v) is 10.5.